The number of benzene rings is 2. The Hall–Kier alpha value is -2.07. The van der Waals surface area contributed by atoms with Gasteiger partial charge in [0.2, 0.25) is 0 Å². The minimum atomic E-state index is -1.58. The molecule has 1 unspecified atom stereocenters. The predicted octanol–water partition coefficient (Wildman–Crippen LogP) is 5.52. The molecule has 5 heteroatoms. The Morgan fingerprint density at radius 3 is 2.57 bits per heavy atom. The van der Waals surface area contributed by atoms with Crippen LogP contribution in [0, 0.1) is 5.92 Å². The topological polar surface area (TPSA) is 29.5 Å². The van der Waals surface area contributed by atoms with Gasteiger partial charge in [0.05, 0.1) is 6.61 Å². The molecule has 1 atom stereocenters. The van der Waals surface area contributed by atoms with Gasteiger partial charge >= 0.3 is 6.09 Å². The lowest BCUT2D eigenvalue weighted by Gasteiger charge is -2.41. The Morgan fingerprint density at radius 2 is 1.82 bits per heavy atom. The minimum absolute atomic E-state index is 0.197. The normalized spacial score (nSPS) is 22.2. The molecule has 1 heterocycles. The number of rotatable bonds is 2. The second kappa shape index (κ2) is 7.75. The number of ether oxygens (including phenoxy) is 1. The number of amides is 1. The fourth-order valence-corrected chi connectivity index (χ4v) is 4.94. The number of carbonyl (C=O) groups is 1. The molecule has 0 spiro atoms. The molecule has 148 valence electrons. The van der Waals surface area contributed by atoms with E-state index in [1.165, 1.54) is 0 Å². The summed E-state index contributed by atoms with van der Waals surface area (Å²) < 4.78 is 22.2. The summed E-state index contributed by atoms with van der Waals surface area (Å²) >= 11 is 6.22. The summed E-state index contributed by atoms with van der Waals surface area (Å²) in [5, 5.41) is 0.643. The average Bonchev–Trinajstić information content (AvgIpc) is 2.84. The second-order valence-corrected chi connectivity index (χ2v) is 8.07. The second-order valence-electron chi connectivity index (χ2n) is 7.63. The van der Waals surface area contributed by atoms with E-state index < -0.39 is 5.67 Å². The fraction of sp³-hybridized carbons (Fsp3) is 0.435. The molecule has 1 aliphatic carbocycles. The van der Waals surface area contributed by atoms with Crippen LogP contribution in [0.2, 0.25) is 5.02 Å². The first kappa shape index (κ1) is 19.3. The molecule has 1 amide bonds. The van der Waals surface area contributed by atoms with E-state index in [9.17, 15) is 4.79 Å². The van der Waals surface area contributed by atoms with Gasteiger partial charge < -0.3 is 9.64 Å². The number of piperidine rings is 1. The zero-order valence-electron chi connectivity index (χ0n) is 16.1. The predicted molar refractivity (Wildman–Crippen MR) is 109 cm³/mol. The van der Waals surface area contributed by atoms with Gasteiger partial charge in [-0.3, -0.25) is 0 Å². The van der Waals surface area contributed by atoms with E-state index >= 15 is 4.39 Å². The number of hydrogen-bond acceptors (Lipinski definition) is 2. The molecule has 2 aromatic carbocycles. The van der Waals surface area contributed by atoms with Gasteiger partial charge in [-0.2, -0.15) is 0 Å². The van der Waals surface area contributed by atoms with Crippen LogP contribution >= 0.6 is 11.6 Å². The maximum atomic E-state index is 17.1. The van der Waals surface area contributed by atoms with Gasteiger partial charge in [0.25, 0.3) is 0 Å². The highest BCUT2D eigenvalue weighted by atomic mass is 35.5. The van der Waals surface area contributed by atoms with E-state index in [0.29, 0.717) is 37.6 Å². The van der Waals surface area contributed by atoms with Crippen molar-refractivity contribution in [2.45, 2.75) is 38.3 Å². The SMILES string of the molecule is CCOC(=O)N1CCC(C2(F)c3ccccc3CCc3cc(Cl)ccc32)CC1. The maximum absolute atomic E-state index is 17.1. The third-order valence-corrected chi connectivity index (χ3v) is 6.35. The van der Waals surface area contributed by atoms with Crippen LogP contribution < -0.4 is 0 Å². The van der Waals surface area contributed by atoms with E-state index in [0.717, 1.165) is 35.1 Å². The number of carbonyl (C=O) groups excluding carboxylic acids is 1. The molecule has 2 aromatic rings. The summed E-state index contributed by atoms with van der Waals surface area (Å²) in [7, 11) is 0. The van der Waals surface area contributed by atoms with E-state index in [1.54, 1.807) is 17.9 Å². The molecule has 0 radical (unpaired) electrons. The molecule has 1 saturated heterocycles. The molecule has 0 aromatic heterocycles. The molecule has 4 rings (SSSR count). The zero-order chi connectivity index (χ0) is 19.7. The fourth-order valence-electron chi connectivity index (χ4n) is 4.75. The van der Waals surface area contributed by atoms with E-state index in [1.807, 2.05) is 36.4 Å². The van der Waals surface area contributed by atoms with Crippen molar-refractivity contribution in [1.29, 1.82) is 0 Å². The summed E-state index contributed by atoms with van der Waals surface area (Å²) in [5.74, 6) is -0.197. The van der Waals surface area contributed by atoms with Gasteiger partial charge in [-0.15, -0.1) is 0 Å². The van der Waals surface area contributed by atoms with Crippen molar-refractivity contribution in [3.8, 4) is 0 Å². The lowest BCUT2D eigenvalue weighted by Crippen LogP contribution is -2.44. The van der Waals surface area contributed by atoms with Crippen molar-refractivity contribution in [3.63, 3.8) is 0 Å². The van der Waals surface area contributed by atoms with Crippen LogP contribution in [0.3, 0.4) is 0 Å². The van der Waals surface area contributed by atoms with Gasteiger partial charge in [-0.25, -0.2) is 9.18 Å². The van der Waals surface area contributed by atoms with Crippen LogP contribution in [0.5, 0.6) is 0 Å². The summed E-state index contributed by atoms with van der Waals surface area (Å²) in [4.78, 5) is 13.7. The van der Waals surface area contributed by atoms with E-state index in [-0.39, 0.29) is 12.0 Å². The Bertz CT molecular complexity index is 879. The molecule has 0 N–H and O–H groups in total. The van der Waals surface area contributed by atoms with Crippen LogP contribution in [0.4, 0.5) is 9.18 Å². The standard InChI is InChI=1S/C23H25ClFNO2/c1-2-28-22(27)26-13-11-18(12-14-26)23(25)20-6-4-3-5-16(20)7-8-17-15-19(24)9-10-21(17)23/h3-6,9-10,15,18H,2,7-8,11-14H2,1H3. The van der Waals surface area contributed by atoms with Crippen LogP contribution in [-0.2, 0) is 23.2 Å². The molecule has 28 heavy (non-hydrogen) atoms. The highest BCUT2D eigenvalue weighted by Crippen LogP contribution is 2.49. The van der Waals surface area contributed by atoms with Gasteiger partial charge in [0, 0.05) is 24.0 Å². The van der Waals surface area contributed by atoms with Gasteiger partial charge in [-0.1, -0.05) is 41.9 Å². The number of nitrogens with zero attached hydrogens (tertiary/aromatic N) is 1. The lowest BCUT2D eigenvalue weighted by atomic mass is 9.72. The van der Waals surface area contributed by atoms with E-state index in [4.69, 9.17) is 16.3 Å². The van der Waals surface area contributed by atoms with Gasteiger partial charge in [-0.05, 0) is 67.0 Å². The van der Waals surface area contributed by atoms with Crippen molar-refractivity contribution >= 4 is 17.7 Å². The number of halogens is 2. The number of hydrogen-bond donors (Lipinski definition) is 0. The number of fused-ring (bicyclic) bond motifs is 2. The minimum Gasteiger partial charge on any atom is -0.450 e. The van der Waals surface area contributed by atoms with Gasteiger partial charge in [0.1, 0.15) is 0 Å². The Kier molecular flexibility index (Phi) is 5.33. The summed E-state index contributed by atoms with van der Waals surface area (Å²) in [6, 6.07) is 13.4. The van der Waals surface area contributed by atoms with E-state index in [2.05, 4.69) is 0 Å². The molecular formula is C23H25ClFNO2. The lowest BCUT2D eigenvalue weighted by molar-refractivity contribution is 0.0497. The summed E-state index contributed by atoms with van der Waals surface area (Å²) in [5.41, 5.74) is 1.97. The highest BCUT2D eigenvalue weighted by Gasteiger charge is 2.47. The maximum Gasteiger partial charge on any atom is 0.409 e. The van der Waals surface area contributed by atoms with Crippen LogP contribution in [0.25, 0.3) is 0 Å². The monoisotopic (exact) mass is 401 g/mol. The Balaban J connectivity index is 1.72. The Labute approximate surface area is 170 Å². The first-order valence-electron chi connectivity index (χ1n) is 10.0. The van der Waals surface area contributed by atoms with Crippen LogP contribution in [-0.4, -0.2) is 30.7 Å². The van der Waals surface area contributed by atoms with Crippen molar-refractivity contribution in [1.82, 2.24) is 4.90 Å². The summed E-state index contributed by atoms with van der Waals surface area (Å²) in [6.45, 7) is 3.18. The highest BCUT2D eigenvalue weighted by molar-refractivity contribution is 6.30. The number of aryl methyl sites for hydroxylation is 2. The first-order valence-corrected chi connectivity index (χ1v) is 10.4. The molecule has 2 aliphatic rings. The summed E-state index contributed by atoms with van der Waals surface area (Å²) in [6.07, 6.45) is 2.48. The molecule has 3 nitrogen and oxygen atoms in total. The van der Waals surface area contributed by atoms with Crippen molar-refractivity contribution < 1.29 is 13.9 Å². The molecule has 0 saturated carbocycles. The zero-order valence-corrected chi connectivity index (χ0v) is 16.8. The smallest absolute Gasteiger partial charge is 0.409 e. The molecular weight excluding hydrogens is 377 g/mol. The largest absolute Gasteiger partial charge is 0.450 e. The Morgan fingerprint density at radius 1 is 1.14 bits per heavy atom. The van der Waals surface area contributed by atoms with Crippen molar-refractivity contribution in [3.05, 3.63) is 69.7 Å². The van der Waals surface area contributed by atoms with Crippen molar-refractivity contribution in [2.24, 2.45) is 5.92 Å². The van der Waals surface area contributed by atoms with Gasteiger partial charge in [0.15, 0.2) is 5.67 Å². The third-order valence-electron chi connectivity index (χ3n) is 6.12. The quantitative estimate of drug-likeness (QED) is 0.663. The average molecular weight is 402 g/mol. The number of likely N-dealkylation sites (tertiary alicyclic amines) is 1. The molecule has 1 fully saturated rings. The first-order chi connectivity index (χ1) is 13.5. The van der Waals surface area contributed by atoms with Crippen LogP contribution in [0.15, 0.2) is 42.5 Å². The molecule has 1 aliphatic heterocycles. The molecule has 0 bridgehead atoms. The number of alkyl halides is 1. The van der Waals surface area contributed by atoms with Crippen LogP contribution in [0.1, 0.15) is 42.0 Å². The third kappa shape index (κ3) is 3.28. The van der Waals surface area contributed by atoms with Crippen molar-refractivity contribution in [2.75, 3.05) is 19.7 Å².